The van der Waals surface area contributed by atoms with E-state index in [2.05, 4.69) is 20.4 Å². The molecule has 0 radical (unpaired) electrons. The van der Waals surface area contributed by atoms with Gasteiger partial charge < -0.3 is 19.9 Å². The maximum atomic E-state index is 12.8. The topological polar surface area (TPSA) is 105 Å². The first kappa shape index (κ1) is 20.8. The van der Waals surface area contributed by atoms with Gasteiger partial charge in [0, 0.05) is 25.0 Å². The van der Waals surface area contributed by atoms with Gasteiger partial charge in [0.2, 0.25) is 5.82 Å². The quantitative estimate of drug-likeness (QED) is 0.653. The fourth-order valence-corrected chi connectivity index (χ4v) is 3.25. The van der Waals surface area contributed by atoms with E-state index in [-0.39, 0.29) is 41.5 Å². The van der Waals surface area contributed by atoms with E-state index in [1.165, 1.54) is 23.1 Å². The molecular weight excluding hydrogens is 417 g/mol. The minimum Gasteiger partial charge on any atom is -0.365 e. The van der Waals surface area contributed by atoms with Gasteiger partial charge in [0.25, 0.3) is 11.8 Å². The first-order valence-electron chi connectivity index (χ1n) is 9.56. The Morgan fingerprint density at radius 1 is 1.32 bits per heavy atom. The molecule has 1 aromatic carbocycles. The summed E-state index contributed by atoms with van der Waals surface area (Å²) in [6, 6.07) is 5.80. The molecule has 1 fully saturated rings. The highest BCUT2D eigenvalue weighted by atomic mass is 19.4. The second kappa shape index (κ2) is 8.02. The van der Waals surface area contributed by atoms with Gasteiger partial charge in [0.05, 0.1) is 24.2 Å². The van der Waals surface area contributed by atoms with Gasteiger partial charge in [-0.3, -0.25) is 14.3 Å². The molecule has 1 unspecified atom stereocenters. The lowest BCUT2D eigenvalue weighted by atomic mass is 10.2. The number of benzene rings is 1. The monoisotopic (exact) mass is 436 g/mol. The van der Waals surface area contributed by atoms with Crippen molar-refractivity contribution < 1.29 is 27.5 Å². The number of aromatic amines is 1. The number of hydrogen-bond donors (Lipinski definition) is 2. The van der Waals surface area contributed by atoms with Gasteiger partial charge in [-0.1, -0.05) is 0 Å². The number of hydrogen-bond acceptors (Lipinski definition) is 5. The molecule has 0 spiro atoms. The number of imidazole rings is 1. The smallest absolute Gasteiger partial charge is 0.365 e. The largest absolute Gasteiger partial charge is 0.449 e. The Balaban J connectivity index is 1.43. The van der Waals surface area contributed by atoms with Gasteiger partial charge in [-0.25, -0.2) is 4.98 Å². The highest BCUT2D eigenvalue weighted by molar-refractivity contribution is 5.97. The van der Waals surface area contributed by atoms with Crippen LogP contribution >= 0.6 is 0 Å². The summed E-state index contributed by atoms with van der Waals surface area (Å²) in [4.78, 5) is 32.4. The summed E-state index contributed by atoms with van der Waals surface area (Å²) in [5.74, 6) is -1.92. The number of ether oxygens (including phenoxy) is 1. The number of rotatable bonds is 4. The molecule has 1 atom stereocenters. The first-order chi connectivity index (χ1) is 14.7. The van der Waals surface area contributed by atoms with Crippen molar-refractivity contribution in [2.75, 3.05) is 25.0 Å². The van der Waals surface area contributed by atoms with E-state index in [0.29, 0.717) is 13.1 Å². The van der Waals surface area contributed by atoms with Gasteiger partial charge >= 0.3 is 6.18 Å². The van der Waals surface area contributed by atoms with Crippen molar-refractivity contribution >= 4 is 28.5 Å². The van der Waals surface area contributed by atoms with E-state index in [1.807, 2.05) is 6.92 Å². The van der Waals surface area contributed by atoms with Crippen molar-refractivity contribution in [1.82, 2.24) is 24.6 Å². The maximum absolute atomic E-state index is 12.8. The number of alkyl halides is 3. The molecule has 0 saturated carbocycles. The predicted octanol–water partition coefficient (Wildman–Crippen LogP) is 2.28. The molecule has 12 heteroatoms. The lowest BCUT2D eigenvalue weighted by Crippen LogP contribution is -2.50. The molecule has 0 bridgehead atoms. The van der Waals surface area contributed by atoms with Gasteiger partial charge in [-0.15, -0.1) is 0 Å². The summed E-state index contributed by atoms with van der Waals surface area (Å²) in [6.07, 6.45) is -3.82. The molecule has 2 aromatic heterocycles. The number of aryl methyl sites for hydroxylation is 1. The third-order valence-electron chi connectivity index (χ3n) is 4.85. The second-order valence-electron chi connectivity index (χ2n) is 6.97. The fourth-order valence-electron chi connectivity index (χ4n) is 3.25. The highest BCUT2D eigenvalue weighted by Gasteiger charge is 2.35. The zero-order valence-electron chi connectivity index (χ0n) is 16.4. The summed E-state index contributed by atoms with van der Waals surface area (Å²) in [5, 5.41) is 6.80. The molecule has 1 aliphatic rings. The minimum atomic E-state index is -4.60. The number of nitrogens with one attached hydrogen (secondary N) is 2. The molecule has 9 nitrogen and oxygen atoms in total. The number of aromatic nitrogens is 4. The van der Waals surface area contributed by atoms with Crippen LogP contribution in [0.4, 0.5) is 18.9 Å². The van der Waals surface area contributed by atoms with Crippen LogP contribution in [0.25, 0.3) is 11.0 Å². The molecule has 3 heterocycles. The molecule has 2 amide bonds. The number of morpholine rings is 1. The van der Waals surface area contributed by atoms with E-state index < -0.39 is 24.0 Å². The number of nitrogens with zero attached hydrogens (tertiary/aromatic N) is 4. The summed E-state index contributed by atoms with van der Waals surface area (Å²) in [5.41, 5.74) is 0.831. The van der Waals surface area contributed by atoms with Crippen LogP contribution in [0, 0.1) is 0 Å². The normalized spacial score (nSPS) is 17.2. The van der Waals surface area contributed by atoms with Crippen LogP contribution in [0.2, 0.25) is 0 Å². The van der Waals surface area contributed by atoms with Crippen LogP contribution < -0.4 is 5.32 Å². The van der Waals surface area contributed by atoms with E-state index in [1.54, 1.807) is 16.9 Å². The maximum Gasteiger partial charge on any atom is 0.449 e. The number of H-pyrrole nitrogens is 1. The molecule has 3 aromatic rings. The summed E-state index contributed by atoms with van der Waals surface area (Å²) in [6.45, 7) is 3.07. The van der Waals surface area contributed by atoms with Crippen molar-refractivity contribution in [1.29, 1.82) is 0 Å². The van der Waals surface area contributed by atoms with Gasteiger partial charge in [-0.05, 0) is 31.2 Å². The predicted molar refractivity (Wildman–Crippen MR) is 103 cm³/mol. The van der Waals surface area contributed by atoms with Crippen LogP contribution in [0.1, 0.15) is 23.2 Å². The number of carbonyl (C=O) groups is 2. The number of carbonyl (C=O) groups excluding carboxylic acids is 2. The SMILES string of the molecule is CCn1ccc(C(=O)N2CCOC(C(=O)Nc3ccc4nc(C(F)(F)F)[nH]c4c3)C2)n1. The van der Waals surface area contributed by atoms with E-state index in [4.69, 9.17) is 4.74 Å². The van der Waals surface area contributed by atoms with Crippen LogP contribution in [0.5, 0.6) is 0 Å². The zero-order valence-corrected chi connectivity index (χ0v) is 16.4. The molecule has 1 aliphatic heterocycles. The van der Waals surface area contributed by atoms with Crippen molar-refractivity contribution in [3.05, 3.63) is 42.0 Å². The average molecular weight is 436 g/mol. The Bertz CT molecular complexity index is 1120. The average Bonchev–Trinajstić information content (AvgIpc) is 3.40. The standard InChI is InChI=1S/C19H19F3N6O3/c1-2-28-6-5-13(26-28)17(30)27-7-8-31-15(10-27)16(29)23-11-3-4-12-14(9-11)25-18(24-12)19(20,21)22/h3-6,9,15H,2,7-8,10H2,1H3,(H,23,29)(H,24,25). The Hall–Kier alpha value is -3.41. The molecule has 2 N–H and O–H groups in total. The molecule has 164 valence electrons. The Kier molecular flexibility index (Phi) is 5.39. The van der Waals surface area contributed by atoms with Crippen molar-refractivity contribution in [2.45, 2.75) is 25.7 Å². The Labute approximate surface area is 174 Å². The summed E-state index contributed by atoms with van der Waals surface area (Å²) in [7, 11) is 0. The minimum absolute atomic E-state index is 0.0359. The van der Waals surface area contributed by atoms with Crippen molar-refractivity contribution in [3.8, 4) is 0 Å². The lowest BCUT2D eigenvalue weighted by molar-refractivity contribution is -0.144. The van der Waals surface area contributed by atoms with Gasteiger partial charge in [0.15, 0.2) is 6.10 Å². The highest BCUT2D eigenvalue weighted by Crippen LogP contribution is 2.29. The van der Waals surface area contributed by atoms with Crippen molar-refractivity contribution in [3.63, 3.8) is 0 Å². The Morgan fingerprint density at radius 3 is 2.84 bits per heavy atom. The number of fused-ring (bicyclic) bond motifs is 1. The fraction of sp³-hybridized carbons (Fsp3) is 0.368. The lowest BCUT2D eigenvalue weighted by Gasteiger charge is -2.31. The van der Waals surface area contributed by atoms with E-state index in [0.717, 1.165) is 0 Å². The molecule has 0 aliphatic carbocycles. The third kappa shape index (κ3) is 4.38. The molecule has 31 heavy (non-hydrogen) atoms. The van der Waals surface area contributed by atoms with Crippen LogP contribution in [-0.2, 0) is 22.3 Å². The number of anilines is 1. The van der Waals surface area contributed by atoms with Gasteiger partial charge in [-0.2, -0.15) is 18.3 Å². The summed E-state index contributed by atoms with van der Waals surface area (Å²) >= 11 is 0. The molecule has 1 saturated heterocycles. The molecule has 4 rings (SSSR count). The number of amides is 2. The van der Waals surface area contributed by atoms with Crippen LogP contribution in [0.3, 0.4) is 0 Å². The van der Waals surface area contributed by atoms with Crippen LogP contribution in [-0.4, -0.2) is 62.3 Å². The second-order valence-corrected chi connectivity index (χ2v) is 6.97. The number of halogens is 3. The van der Waals surface area contributed by atoms with Crippen LogP contribution in [0.15, 0.2) is 30.5 Å². The third-order valence-corrected chi connectivity index (χ3v) is 4.85. The van der Waals surface area contributed by atoms with Crippen molar-refractivity contribution in [2.24, 2.45) is 0 Å². The summed E-state index contributed by atoms with van der Waals surface area (Å²) < 4.78 is 45.5. The molecular formula is C19H19F3N6O3. The van der Waals surface area contributed by atoms with E-state index in [9.17, 15) is 22.8 Å². The zero-order chi connectivity index (χ0) is 22.2. The first-order valence-corrected chi connectivity index (χ1v) is 9.56. The van der Waals surface area contributed by atoms with E-state index >= 15 is 0 Å². The Morgan fingerprint density at radius 2 is 2.13 bits per heavy atom. The van der Waals surface area contributed by atoms with Gasteiger partial charge in [0.1, 0.15) is 5.69 Å².